The Kier molecular flexibility index (Phi) is 7.32. The van der Waals surface area contributed by atoms with Crippen LogP contribution in [0.2, 0.25) is 0 Å². The number of alkyl halides is 2. The van der Waals surface area contributed by atoms with Crippen LogP contribution < -0.4 is 5.32 Å². The molecule has 0 radical (unpaired) electrons. The van der Waals surface area contributed by atoms with Gasteiger partial charge in [0, 0.05) is 43.7 Å². The van der Waals surface area contributed by atoms with E-state index in [1.54, 1.807) is 20.2 Å². The Morgan fingerprint density at radius 1 is 1.39 bits per heavy atom. The van der Waals surface area contributed by atoms with Crippen molar-refractivity contribution in [1.29, 1.82) is 0 Å². The lowest BCUT2D eigenvalue weighted by Crippen LogP contribution is -2.53. The monoisotopic (exact) mass is 460 g/mol. The molecule has 1 saturated heterocycles. The maximum absolute atomic E-state index is 13.9. The molecule has 1 saturated carbocycles. The molecule has 0 aromatic heterocycles. The van der Waals surface area contributed by atoms with E-state index in [1.165, 1.54) is 0 Å². The van der Waals surface area contributed by atoms with Crippen LogP contribution in [-0.4, -0.2) is 49.1 Å². The molecule has 3 rings (SSSR count). The van der Waals surface area contributed by atoms with E-state index in [-0.39, 0.29) is 29.9 Å². The zero-order chi connectivity index (χ0) is 24.4. The minimum absolute atomic E-state index is 0.0818. The average molecular weight is 461 g/mol. The third kappa shape index (κ3) is 5.29. The van der Waals surface area contributed by atoms with Crippen molar-refractivity contribution >= 4 is 11.7 Å². The van der Waals surface area contributed by atoms with Crippen molar-refractivity contribution in [3.05, 3.63) is 65.0 Å². The van der Waals surface area contributed by atoms with E-state index >= 15 is 0 Å². The summed E-state index contributed by atoms with van der Waals surface area (Å²) in [5.74, 6) is -2.83. The van der Waals surface area contributed by atoms with Crippen molar-refractivity contribution in [2.75, 3.05) is 32.6 Å². The molecule has 180 valence electrons. The van der Waals surface area contributed by atoms with E-state index in [1.807, 2.05) is 38.1 Å². The van der Waals surface area contributed by atoms with Crippen LogP contribution in [0, 0.1) is 5.41 Å². The molecule has 1 heterocycles. The molecule has 1 aromatic rings. The zero-order valence-electron chi connectivity index (χ0n) is 19.9. The van der Waals surface area contributed by atoms with E-state index in [0.29, 0.717) is 31.6 Å². The van der Waals surface area contributed by atoms with Crippen LogP contribution in [0.5, 0.6) is 0 Å². The minimum Gasteiger partial charge on any atom is -0.501 e. The second-order valence-corrected chi connectivity index (χ2v) is 9.27. The van der Waals surface area contributed by atoms with Crippen molar-refractivity contribution in [3.63, 3.8) is 0 Å². The highest BCUT2D eigenvalue weighted by Crippen LogP contribution is 2.60. The van der Waals surface area contributed by atoms with Crippen molar-refractivity contribution in [3.8, 4) is 0 Å². The number of carboxylic acids is 1. The Morgan fingerprint density at radius 2 is 2.09 bits per heavy atom. The number of piperidine rings is 1. The smallest absolute Gasteiger partial charge is 0.337 e. The zero-order valence-corrected chi connectivity index (χ0v) is 19.9. The molecule has 1 atom stereocenters. The largest absolute Gasteiger partial charge is 0.501 e. The van der Waals surface area contributed by atoms with Gasteiger partial charge in [-0.05, 0) is 61.9 Å². The fraction of sp³-hybridized carbons (Fsp3) is 0.500. The molecule has 1 spiro atoms. The first-order valence-corrected chi connectivity index (χ1v) is 11.3. The standard InChI is InChI=1S/C26H34F2N2O3/c1-6-7-17(2)21(18(3)33-5)14-30-11-10-25(15-26(27,28)16-25)13-23(30)19-8-9-20(24(31)32)22(12-19)29-4/h6-9,12,23,29H,2,10-11,13-16H2,1,3-5H3,(H,31,32)/b7-6-,21-18+. The molecular formula is C26H34F2N2O3. The molecule has 7 heteroatoms. The molecule has 2 aliphatic rings. The first kappa shape index (κ1) is 25.0. The fourth-order valence-electron chi connectivity index (χ4n) is 5.29. The number of likely N-dealkylation sites (tertiary alicyclic amines) is 1. The number of anilines is 1. The number of carboxylic acid groups (broad SMARTS) is 1. The molecule has 0 bridgehead atoms. The Balaban J connectivity index is 1.99. The molecule has 5 nitrogen and oxygen atoms in total. The van der Waals surface area contributed by atoms with Crippen LogP contribution in [-0.2, 0) is 4.74 Å². The predicted molar refractivity (Wildman–Crippen MR) is 127 cm³/mol. The number of nitrogens with one attached hydrogen (secondary N) is 1. The summed E-state index contributed by atoms with van der Waals surface area (Å²) in [6, 6.07) is 5.12. The summed E-state index contributed by atoms with van der Waals surface area (Å²) in [6.45, 7) is 9.25. The number of methoxy groups -OCH3 is 1. The molecule has 0 amide bonds. The number of hydrogen-bond acceptors (Lipinski definition) is 4. The molecule has 1 aliphatic heterocycles. The van der Waals surface area contributed by atoms with Gasteiger partial charge in [-0.15, -0.1) is 0 Å². The van der Waals surface area contributed by atoms with Gasteiger partial charge in [0.2, 0.25) is 5.92 Å². The Hall–Kier alpha value is -2.67. The van der Waals surface area contributed by atoms with E-state index in [0.717, 1.165) is 22.5 Å². The quantitative estimate of drug-likeness (QED) is 0.366. The Labute approximate surface area is 194 Å². The van der Waals surface area contributed by atoms with Crippen LogP contribution in [0.4, 0.5) is 14.5 Å². The summed E-state index contributed by atoms with van der Waals surface area (Å²) in [5.41, 5.74) is 3.06. The molecule has 33 heavy (non-hydrogen) atoms. The van der Waals surface area contributed by atoms with Crippen molar-refractivity contribution in [2.24, 2.45) is 5.41 Å². The van der Waals surface area contributed by atoms with Gasteiger partial charge in [-0.3, -0.25) is 4.90 Å². The van der Waals surface area contributed by atoms with Gasteiger partial charge in [-0.1, -0.05) is 24.8 Å². The van der Waals surface area contributed by atoms with Crippen LogP contribution in [0.15, 0.2) is 53.8 Å². The highest BCUT2D eigenvalue weighted by Gasteiger charge is 2.58. The summed E-state index contributed by atoms with van der Waals surface area (Å²) in [7, 11) is 3.31. The summed E-state index contributed by atoms with van der Waals surface area (Å²) in [6.07, 6.45) is 5.01. The first-order chi connectivity index (χ1) is 15.5. The van der Waals surface area contributed by atoms with Gasteiger partial charge < -0.3 is 15.2 Å². The summed E-state index contributed by atoms with van der Waals surface area (Å²) in [4.78, 5) is 13.9. The van der Waals surface area contributed by atoms with Crippen molar-refractivity contribution in [1.82, 2.24) is 4.90 Å². The highest BCUT2D eigenvalue weighted by atomic mass is 19.3. The maximum Gasteiger partial charge on any atom is 0.337 e. The van der Waals surface area contributed by atoms with Gasteiger partial charge in [-0.2, -0.15) is 0 Å². The van der Waals surface area contributed by atoms with E-state index in [9.17, 15) is 18.7 Å². The van der Waals surface area contributed by atoms with Gasteiger partial charge in [-0.25, -0.2) is 13.6 Å². The number of ether oxygens (including phenoxy) is 1. The molecule has 1 unspecified atom stereocenters. The number of hydrogen-bond donors (Lipinski definition) is 2. The topological polar surface area (TPSA) is 61.8 Å². The summed E-state index contributed by atoms with van der Waals surface area (Å²) in [5, 5.41) is 12.5. The van der Waals surface area contributed by atoms with Crippen LogP contribution in [0.3, 0.4) is 0 Å². The number of halogens is 2. The van der Waals surface area contributed by atoms with Crippen LogP contribution >= 0.6 is 0 Å². The second-order valence-electron chi connectivity index (χ2n) is 9.27. The lowest BCUT2D eigenvalue weighted by molar-refractivity contribution is -0.185. The number of carbonyl (C=O) groups is 1. The van der Waals surface area contributed by atoms with Crippen molar-refractivity contribution < 1.29 is 23.4 Å². The van der Waals surface area contributed by atoms with Gasteiger partial charge in [0.1, 0.15) is 0 Å². The van der Waals surface area contributed by atoms with E-state index in [2.05, 4.69) is 16.8 Å². The third-order valence-corrected chi connectivity index (χ3v) is 7.04. The Bertz CT molecular complexity index is 976. The molecular weight excluding hydrogens is 426 g/mol. The summed E-state index contributed by atoms with van der Waals surface area (Å²) < 4.78 is 33.3. The second kappa shape index (κ2) is 9.67. The van der Waals surface area contributed by atoms with Gasteiger partial charge >= 0.3 is 5.97 Å². The fourth-order valence-corrected chi connectivity index (χ4v) is 5.29. The van der Waals surface area contributed by atoms with Crippen LogP contribution in [0.25, 0.3) is 0 Å². The average Bonchev–Trinajstić information content (AvgIpc) is 2.75. The number of nitrogens with zero attached hydrogens (tertiary/aromatic N) is 1. The van der Waals surface area contributed by atoms with Gasteiger partial charge in [0.05, 0.1) is 18.4 Å². The van der Waals surface area contributed by atoms with Crippen molar-refractivity contribution in [2.45, 2.75) is 51.5 Å². The molecule has 1 aromatic carbocycles. The van der Waals surface area contributed by atoms with E-state index in [4.69, 9.17) is 4.74 Å². The number of allylic oxidation sites excluding steroid dienone is 3. The normalized spacial score (nSPS) is 22.5. The Morgan fingerprint density at radius 3 is 2.64 bits per heavy atom. The minimum atomic E-state index is -2.59. The lowest BCUT2D eigenvalue weighted by atomic mass is 9.59. The highest BCUT2D eigenvalue weighted by molar-refractivity contribution is 5.94. The maximum atomic E-state index is 13.9. The number of rotatable bonds is 8. The van der Waals surface area contributed by atoms with Crippen LogP contribution in [0.1, 0.15) is 61.5 Å². The molecule has 2 N–H and O–H groups in total. The molecule has 2 fully saturated rings. The molecule has 1 aliphatic carbocycles. The number of benzene rings is 1. The third-order valence-electron chi connectivity index (χ3n) is 7.04. The van der Waals surface area contributed by atoms with E-state index < -0.39 is 11.9 Å². The predicted octanol–water partition coefficient (Wildman–Crippen LogP) is 6.03. The lowest BCUT2D eigenvalue weighted by Gasteiger charge is -2.55. The summed E-state index contributed by atoms with van der Waals surface area (Å²) >= 11 is 0. The van der Waals surface area contributed by atoms with Gasteiger partial charge in [0.25, 0.3) is 0 Å². The van der Waals surface area contributed by atoms with Gasteiger partial charge in [0.15, 0.2) is 0 Å². The number of aromatic carboxylic acids is 1. The SMILES string of the molecule is C=C(/C=C\C)/C(CN1CCC2(CC1c1ccc(C(=O)O)c(NC)c1)CC(F)(F)C2)=C(\C)OC. The first-order valence-electron chi connectivity index (χ1n) is 11.3.